The van der Waals surface area contributed by atoms with Gasteiger partial charge in [0, 0.05) is 23.9 Å². The van der Waals surface area contributed by atoms with Crippen LogP contribution in [0, 0.1) is 6.92 Å². The number of benzene rings is 2. The molecule has 0 radical (unpaired) electrons. The van der Waals surface area contributed by atoms with E-state index >= 15 is 0 Å². The number of Topliss-reactive ketones (excluding diaryl/α,β-unsaturated/α-hetero) is 1. The molecule has 1 aliphatic rings. The average molecular weight is 474 g/mol. The molecule has 0 saturated carbocycles. The SMILES string of the molecule is CC(=O)N1CCc2c(sc3c2c(=O)n(-c2ccccc2C)c(=O)n3CC(=O)c2ccccc2)C1. The Kier molecular flexibility index (Phi) is 5.53. The van der Waals surface area contributed by atoms with Crippen LogP contribution in [0.25, 0.3) is 15.9 Å². The minimum atomic E-state index is -0.543. The van der Waals surface area contributed by atoms with Gasteiger partial charge in [-0.05, 0) is 30.5 Å². The summed E-state index contributed by atoms with van der Waals surface area (Å²) in [7, 11) is 0. The highest BCUT2D eigenvalue weighted by Gasteiger charge is 2.28. The van der Waals surface area contributed by atoms with Crippen molar-refractivity contribution in [1.29, 1.82) is 0 Å². The average Bonchev–Trinajstić information content (AvgIpc) is 3.22. The van der Waals surface area contributed by atoms with E-state index in [2.05, 4.69) is 0 Å². The number of aromatic nitrogens is 2. The van der Waals surface area contributed by atoms with Crippen LogP contribution in [0.1, 0.15) is 33.3 Å². The highest BCUT2D eigenvalue weighted by atomic mass is 32.1. The smallest absolute Gasteiger partial charge is 0.337 e. The minimum absolute atomic E-state index is 0.0305. The number of thiophene rings is 1. The van der Waals surface area contributed by atoms with Gasteiger partial charge < -0.3 is 4.90 Å². The number of nitrogens with zero attached hydrogens (tertiary/aromatic N) is 3. The van der Waals surface area contributed by atoms with Gasteiger partial charge in [0.15, 0.2) is 5.78 Å². The van der Waals surface area contributed by atoms with Gasteiger partial charge in [0.1, 0.15) is 4.83 Å². The molecule has 0 spiro atoms. The molecule has 2 aromatic heterocycles. The van der Waals surface area contributed by atoms with Gasteiger partial charge in [-0.1, -0.05) is 48.5 Å². The van der Waals surface area contributed by atoms with Crippen molar-refractivity contribution in [3.63, 3.8) is 0 Å². The lowest BCUT2D eigenvalue weighted by Gasteiger charge is -2.25. The van der Waals surface area contributed by atoms with Crippen LogP contribution in [-0.2, 0) is 24.3 Å². The number of amides is 1. The van der Waals surface area contributed by atoms with Crippen LogP contribution in [0.2, 0.25) is 0 Å². The summed E-state index contributed by atoms with van der Waals surface area (Å²) in [6.45, 7) is 4.10. The Morgan fingerprint density at radius 3 is 2.41 bits per heavy atom. The molecule has 172 valence electrons. The molecular formula is C26H23N3O4S. The summed E-state index contributed by atoms with van der Waals surface area (Å²) < 4.78 is 2.60. The van der Waals surface area contributed by atoms with Crippen LogP contribution in [0.4, 0.5) is 0 Å². The largest absolute Gasteiger partial charge is 0.337 e. The number of para-hydroxylation sites is 1. The molecule has 1 amide bonds. The van der Waals surface area contributed by atoms with Gasteiger partial charge in [-0.15, -0.1) is 11.3 Å². The molecule has 0 atom stereocenters. The van der Waals surface area contributed by atoms with Crippen molar-refractivity contribution < 1.29 is 9.59 Å². The van der Waals surface area contributed by atoms with Gasteiger partial charge in [-0.3, -0.25) is 19.0 Å². The molecule has 5 rings (SSSR count). The summed E-state index contributed by atoms with van der Waals surface area (Å²) in [6.07, 6.45) is 0.531. The molecule has 4 aromatic rings. The second-order valence-electron chi connectivity index (χ2n) is 8.46. The quantitative estimate of drug-likeness (QED) is 0.426. The van der Waals surface area contributed by atoms with Crippen LogP contribution in [0.15, 0.2) is 64.2 Å². The number of carbonyl (C=O) groups is 2. The Labute approximate surface area is 199 Å². The van der Waals surface area contributed by atoms with Crippen molar-refractivity contribution in [2.24, 2.45) is 0 Å². The predicted octanol–water partition coefficient (Wildman–Crippen LogP) is 3.31. The standard InChI is InChI=1S/C26H23N3O4S/c1-16-8-6-7-11-20(16)29-24(32)23-19-12-13-27(17(2)30)15-22(19)34-25(23)28(26(29)33)14-21(31)18-9-4-3-5-10-18/h3-11H,12-15H2,1-2H3. The predicted molar refractivity (Wildman–Crippen MR) is 132 cm³/mol. The van der Waals surface area contributed by atoms with Gasteiger partial charge in [-0.25, -0.2) is 9.36 Å². The number of hydrogen-bond acceptors (Lipinski definition) is 5. The fourth-order valence-electron chi connectivity index (χ4n) is 4.50. The van der Waals surface area contributed by atoms with Gasteiger partial charge in [0.05, 0.1) is 24.2 Å². The van der Waals surface area contributed by atoms with Crippen molar-refractivity contribution in [3.8, 4) is 5.69 Å². The van der Waals surface area contributed by atoms with E-state index in [1.54, 1.807) is 41.3 Å². The molecule has 8 heteroatoms. The molecule has 3 heterocycles. The summed E-state index contributed by atoms with van der Waals surface area (Å²) in [4.78, 5) is 55.6. The molecule has 2 aromatic carbocycles. The van der Waals surface area contributed by atoms with Crippen LogP contribution in [-0.4, -0.2) is 32.3 Å². The second-order valence-corrected chi connectivity index (χ2v) is 9.54. The molecule has 0 saturated heterocycles. The lowest BCUT2D eigenvalue weighted by Crippen LogP contribution is -2.40. The van der Waals surface area contributed by atoms with Gasteiger partial charge >= 0.3 is 5.69 Å². The summed E-state index contributed by atoms with van der Waals surface area (Å²) >= 11 is 1.32. The van der Waals surface area contributed by atoms with E-state index < -0.39 is 5.69 Å². The van der Waals surface area contributed by atoms with Crippen LogP contribution >= 0.6 is 11.3 Å². The summed E-state index contributed by atoms with van der Waals surface area (Å²) in [6, 6.07) is 16.0. The third-order valence-corrected chi connectivity index (χ3v) is 7.56. The van der Waals surface area contributed by atoms with Crippen molar-refractivity contribution in [2.75, 3.05) is 6.54 Å². The summed E-state index contributed by atoms with van der Waals surface area (Å²) in [5, 5.41) is 0.465. The zero-order chi connectivity index (χ0) is 24.0. The van der Waals surface area contributed by atoms with Crippen molar-refractivity contribution in [3.05, 3.63) is 97.0 Å². The van der Waals surface area contributed by atoms with Crippen LogP contribution in [0.5, 0.6) is 0 Å². The van der Waals surface area contributed by atoms with E-state index in [-0.39, 0.29) is 23.8 Å². The number of fused-ring (bicyclic) bond motifs is 3. The Hall–Kier alpha value is -3.78. The first-order valence-electron chi connectivity index (χ1n) is 11.1. The molecule has 0 fully saturated rings. The van der Waals surface area contributed by atoms with Crippen molar-refractivity contribution in [2.45, 2.75) is 33.4 Å². The molecule has 1 aliphatic heterocycles. The van der Waals surface area contributed by atoms with E-state index in [9.17, 15) is 19.2 Å². The Bertz CT molecular complexity index is 1560. The zero-order valence-electron chi connectivity index (χ0n) is 18.9. The molecule has 0 N–H and O–H groups in total. The fraction of sp³-hybridized carbons (Fsp3) is 0.231. The highest BCUT2D eigenvalue weighted by molar-refractivity contribution is 7.18. The van der Waals surface area contributed by atoms with E-state index in [0.717, 1.165) is 16.0 Å². The Morgan fingerprint density at radius 1 is 1.00 bits per heavy atom. The van der Waals surface area contributed by atoms with Gasteiger partial charge in [0.25, 0.3) is 5.56 Å². The molecule has 7 nitrogen and oxygen atoms in total. The lowest BCUT2D eigenvalue weighted by molar-refractivity contribution is -0.129. The molecular weight excluding hydrogens is 450 g/mol. The van der Waals surface area contributed by atoms with E-state index in [4.69, 9.17) is 0 Å². The zero-order valence-corrected chi connectivity index (χ0v) is 19.7. The summed E-state index contributed by atoms with van der Waals surface area (Å²) in [5.74, 6) is -0.243. The van der Waals surface area contributed by atoms with E-state index in [1.165, 1.54) is 27.4 Å². The molecule has 0 unspecified atom stereocenters. The number of ketones is 1. The van der Waals surface area contributed by atoms with Gasteiger partial charge in [-0.2, -0.15) is 0 Å². The van der Waals surface area contributed by atoms with Crippen LogP contribution < -0.4 is 11.2 Å². The first-order valence-corrected chi connectivity index (χ1v) is 11.9. The molecule has 0 aliphatic carbocycles. The monoisotopic (exact) mass is 473 g/mol. The first-order chi connectivity index (χ1) is 16.4. The van der Waals surface area contributed by atoms with E-state index in [1.807, 2.05) is 25.1 Å². The Morgan fingerprint density at radius 2 is 1.71 bits per heavy atom. The van der Waals surface area contributed by atoms with E-state index in [0.29, 0.717) is 41.0 Å². The van der Waals surface area contributed by atoms with Gasteiger partial charge in [0.2, 0.25) is 5.91 Å². The highest BCUT2D eigenvalue weighted by Crippen LogP contribution is 2.33. The number of aryl methyl sites for hydroxylation is 1. The normalized spacial score (nSPS) is 13.2. The van der Waals surface area contributed by atoms with Crippen molar-refractivity contribution >= 4 is 33.2 Å². The third-order valence-electron chi connectivity index (χ3n) is 6.32. The minimum Gasteiger partial charge on any atom is -0.337 e. The van der Waals surface area contributed by atoms with Crippen LogP contribution in [0.3, 0.4) is 0 Å². The maximum Gasteiger partial charge on any atom is 0.337 e. The molecule has 34 heavy (non-hydrogen) atoms. The fourth-order valence-corrected chi connectivity index (χ4v) is 5.85. The van der Waals surface area contributed by atoms with Crippen molar-refractivity contribution in [1.82, 2.24) is 14.0 Å². The Balaban J connectivity index is 1.78. The third kappa shape index (κ3) is 3.60. The summed E-state index contributed by atoms with van der Waals surface area (Å²) in [5.41, 5.74) is 1.73. The molecule has 0 bridgehead atoms. The first kappa shape index (κ1) is 22.0. The maximum atomic E-state index is 13.7. The number of rotatable bonds is 4. The second kappa shape index (κ2) is 8.53. The topological polar surface area (TPSA) is 81.4 Å². The maximum absolute atomic E-state index is 13.7. The number of carbonyl (C=O) groups excluding carboxylic acids is 2. The lowest BCUT2D eigenvalue weighted by atomic mass is 10.0. The number of hydrogen-bond donors (Lipinski definition) is 0.